The molecular weight excluding hydrogens is 492 g/mol. The largest absolute Gasteiger partial charge is 0.480 e. The highest BCUT2D eigenvalue weighted by Crippen LogP contribution is 2.49. The fraction of sp³-hybridized carbons (Fsp3) is 0.269. The Labute approximate surface area is 207 Å². The van der Waals surface area contributed by atoms with Gasteiger partial charge in [0.05, 0.1) is 18.4 Å². The van der Waals surface area contributed by atoms with Crippen molar-refractivity contribution in [2.75, 3.05) is 7.11 Å². The monoisotopic (exact) mass is 517 g/mol. The van der Waals surface area contributed by atoms with Crippen molar-refractivity contribution in [1.82, 2.24) is 0 Å². The topological polar surface area (TPSA) is 105 Å². The van der Waals surface area contributed by atoms with E-state index in [9.17, 15) is 22.0 Å². The fourth-order valence-corrected chi connectivity index (χ4v) is 4.98. The minimum Gasteiger partial charge on any atom is -0.480 e. The van der Waals surface area contributed by atoms with Gasteiger partial charge in [-0.05, 0) is 47.2 Å². The van der Waals surface area contributed by atoms with Crippen molar-refractivity contribution in [3.8, 4) is 22.6 Å². The van der Waals surface area contributed by atoms with Crippen LogP contribution in [0.5, 0.6) is 11.5 Å². The average molecular weight is 518 g/mol. The van der Waals surface area contributed by atoms with Crippen molar-refractivity contribution in [3.63, 3.8) is 0 Å². The van der Waals surface area contributed by atoms with Crippen LogP contribution in [0.2, 0.25) is 0 Å². The zero-order valence-electron chi connectivity index (χ0n) is 19.4. The number of hydrogen-bond acceptors (Lipinski definition) is 6. The van der Waals surface area contributed by atoms with Crippen LogP contribution in [0.25, 0.3) is 11.1 Å². The second-order valence-electron chi connectivity index (χ2n) is 8.41. The molecule has 3 aromatic rings. The number of sulfonamides is 1. The van der Waals surface area contributed by atoms with Crippen LogP contribution in [0.3, 0.4) is 0 Å². The predicted molar refractivity (Wildman–Crippen MR) is 129 cm³/mol. The van der Waals surface area contributed by atoms with Crippen LogP contribution < -0.4 is 14.6 Å². The van der Waals surface area contributed by atoms with Gasteiger partial charge in [0.2, 0.25) is 10.0 Å². The van der Waals surface area contributed by atoms with Crippen LogP contribution in [-0.4, -0.2) is 28.1 Å². The van der Waals surface area contributed by atoms with E-state index in [0.29, 0.717) is 47.3 Å². The number of carbonyl (C=O) groups is 1. The summed E-state index contributed by atoms with van der Waals surface area (Å²) >= 11 is 0. The number of nitrogens with two attached hydrogens (primary N) is 1. The van der Waals surface area contributed by atoms with Gasteiger partial charge in [-0.1, -0.05) is 48.5 Å². The van der Waals surface area contributed by atoms with Gasteiger partial charge < -0.3 is 14.2 Å². The smallest absolute Gasteiger partial charge is 0.387 e. The molecule has 3 aromatic carbocycles. The molecule has 0 saturated carbocycles. The SMILES string of the molecule is COC(=O)CCCc1cccc(C2Oc3cccc(OC(F)F)c3-c3ccc(CS(N)(=O)=O)cc32)c1. The van der Waals surface area contributed by atoms with E-state index >= 15 is 0 Å². The number of primary sulfonamides is 1. The van der Waals surface area contributed by atoms with E-state index in [-0.39, 0.29) is 17.5 Å². The quantitative estimate of drug-likeness (QED) is 0.412. The molecule has 1 unspecified atom stereocenters. The standard InChI is InChI=1S/C26H25F2NO6S/c1-33-23(30)10-3-6-16-5-2-7-18(13-16)25-20-14-17(15-36(29,31)32)11-12-19(20)24-21(34-25)8-4-9-22(24)35-26(27)28/h2,4-5,7-9,11-14,25-26H,3,6,10,15H2,1H3,(H2,29,31,32). The molecule has 0 amide bonds. The lowest BCUT2D eigenvalue weighted by Crippen LogP contribution is -2.18. The van der Waals surface area contributed by atoms with Gasteiger partial charge in [-0.3, -0.25) is 4.79 Å². The molecule has 0 saturated heterocycles. The molecule has 0 fully saturated rings. The van der Waals surface area contributed by atoms with Crippen LogP contribution in [0, 0.1) is 0 Å². The maximum Gasteiger partial charge on any atom is 0.387 e. The molecule has 0 aromatic heterocycles. The number of hydrogen-bond donors (Lipinski definition) is 1. The van der Waals surface area contributed by atoms with Gasteiger partial charge in [0.15, 0.2) is 0 Å². The molecule has 4 rings (SSSR count). The molecule has 1 aliphatic heterocycles. The maximum atomic E-state index is 13.1. The molecule has 2 N–H and O–H groups in total. The van der Waals surface area contributed by atoms with Gasteiger partial charge in [0, 0.05) is 12.0 Å². The lowest BCUT2D eigenvalue weighted by atomic mass is 9.87. The number of fused-ring (bicyclic) bond motifs is 3. The van der Waals surface area contributed by atoms with Crippen LogP contribution >= 0.6 is 0 Å². The number of ether oxygens (including phenoxy) is 3. The molecule has 1 aliphatic rings. The van der Waals surface area contributed by atoms with E-state index in [4.69, 9.17) is 19.3 Å². The third-order valence-electron chi connectivity index (χ3n) is 5.81. The highest BCUT2D eigenvalue weighted by Gasteiger charge is 2.31. The number of alkyl halides is 2. The summed E-state index contributed by atoms with van der Waals surface area (Å²) in [6.45, 7) is -3.03. The summed E-state index contributed by atoms with van der Waals surface area (Å²) in [4.78, 5) is 11.4. The van der Waals surface area contributed by atoms with E-state index in [0.717, 1.165) is 11.1 Å². The summed E-state index contributed by atoms with van der Waals surface area (Å²) in [6, 6.07) is 17.2. The molecular formula is C26H25F2NO6S. The third kappa shape index (κ3) is 6.00. The van der Waals surface area contributed by atoms with Crippen molar-refractivity contribution in [2.24, 2.45) is 5.14 Å². The molecule has 1 atom stereocenters. The van der Waals surface area contributed by atoms with E-state index in [1.807, 2.05) is 24.3 Å². The second kappa shape index (κ2) is 10.6. The van der Waals surface area contributed by atoms with E-state index in [1.54, 1.807) is 30.3 Å². The van der Waals surface area contributed by atoms with Crippen LogP contribution in [0.4, 0.5) is 8.78 Å². The Morgan fingerprint density at radius 2 is 1.86 bits per heavy atom. The normalized spacial score (nSPS) is 14.5. The number of esters is 1. The zero-order valence-corrected chi connectivity index (χ0v) is 20.3. The van der Waals surface area contributed by atoms with Crippen LogP contribution in [0.1, 0.15) is 41.2 Å². The van der Waals surface area contributed by atoms with E-state index in [2.05, 4.69) is 0 Å². The summed E-state index contributed by atoms with van der Waals surface area (Å²) < 4.78 is 65.4. The molecule has 190 valence electrons. The Balaban J connectivity index is 1.76. The molecule has 0 spiro atoms. The van der Waals surface area contributed by atoms with Gasteiger partial charge in [-0.15, -0.1) is 0 Å². The van der Waals surface area contributed by atoms with Crippen LogP contribution in [-0.2, 0) is 31.7 Å². The first-order chi connectivity index (χ1) is 17.1. The first-order valence-electron chi connectivity index (χ1n) is 11.2. The number of rotatable bonds is 9. The molecule has 1 heterocycles. The second-order valence-corrected chi connectivity index (χ2v) is 10.0. The zero-order chi connectivity index (χ0) is 25.9. The van der Waals surface area contributed by atoms with Crippen LogP contribution in [0.15, 0.2) is 60.7 Å². The fourth-order valence-electron chi connectivity index (χ4n) is 4.34. The number of methoxy groups -OCH3 is 1. The lowest BCUT2D eigenvalue weighted by molar-refractivity contribution is -0.140. The van der Waals surface area contributed by atoms with Crippen molar-refractivity contribution in [1.29, 1.82) is 0 Å². The van der Waals surface area contributed by atoms with Gasteiger partial charge in [0.1, 0.15) is 17.6 Å². The molecule has 0 radical (unpaired) electrons. The molecule has 10 heteroatoms. The Hall–Kier alpha value is -3.50. The van der Waals surface area contributed by atoms with E-state index in [1.165, 1.54) is 13.2 Å². The predicted octanol–water partition coefficient (Wildman–Crippen LogP) is 4.72. The Kier molecular flexibility index (Phi) is 7.56. The first kappa shape index (κ1) is 25.6. The van der Waals surface area contributed by atoms with Gasteiger partial charge >= 0.3 is 12.6 Å². The maximum absolute atomic E-state index is 13.1. The number of benzene rings is 3. The summed E-state index contributed by atoms with van der Waals surface area (Å²) in [6.07, 6.45) is 0.890. The number of aryl methyl sites for hydroxylation is 1. The van der Waals surface area contributed by atoms with Gasteiger partial charge in [-0.25, -0.2) is 13.6 Å². The Morgan fingerprint density at radius 3 is 2.58 bits per heavy atom. The minimum absolute atomic E-state index is 0.0436. The lowest BCUT2D eigenvalue weighted by Gasteiger charge is -2.31. The number of carbonyl (C=O) groups excluding carboxylic acids is 1. The average Bonchev–Trinajstić information content (AvgIpc) is 2.82. The Morgan fingerprint density at radius 1 is 1.08 bits per heavy atom. The first-order valence-corrected chi connectivity index (χ1v) is 12.9. The van der Waals surface area contributed by atoms with Gasteiger partial charge in [-0.2, -0.15) is 8.78 Å². The van der Waals surface area contributed by atoms with Crippen molar-refractivity contribution in [2.45, 2.75) is 37.7 Å². The van der Waals surface area contributed by atoms with Crippen molar-refractivity contribution < 1.29 is 36.2 Å². The summed E-state index contributed by atoms with van der Waals surface area (Å²) in [5, 5.41) is 5.25. The molecule has 0 aliphatic carbocycles. The summed E-state index contributed by atoms with van der Waals surface area (Å²) in [5.74, 6) is -0.349. The third-order valence-corrected chi connectivity index (χ3v) is 6.55. The molecule has 36 heavy (non-hydrogen) atoms. The summed E-state index contributed by atoms with van der Waals surface area (Å²) in [5.41, 5.74) is 3.75. The van der Waals surface area contributed by atoms with Gasteiger partial charge in [0.25, 0.3) is 0 Å². The minimum atomic E-state index is -3.80. The Bertz CT molecular complexity index is 1380. The highest BCUT2D eigenvalue weighted by molar-refractivity contribution is 7.88. The number of halogens is 2. The summed E-state index contributed by atoms with van der Waals surface area (Å²) in [7, 11) is -2.45. The van der Waals surface area contributed by atoms with Crippen molar-refractivity contribution in [3.05, 3.63) is 82.9 Å². The van der Waals surface area contributed by atoms with E-state index < -0.39 is 22.7 Å². The molecule has 7 nitrogen and oxygen atoms in total. The molecule has 0 bridgehead atoms. The van der Waals surface area contributed by atoms with Crippen molar-refractivity contribution >= 4 is 16.0 Å². The highest BCUT2D eigenvalue weighted by atomic mass is 32.2.